The number of nitro groups is 1. The van der Waals surface area contributed by atoms with E-state index in [9.17, 15) is 22.9 Å². The first-order chi connectivity index (χ1) is 11.5. The molecule has 0 aromatic heterocycles. The van der Waals surface area contributed by atoms with Crippen LogP contribution in [0.5, 0.6) is 0 Å². The molecule has 0 aliphatic rings. The van der Waals surface area contributed by atoms with Crippen LogP contribution in [0.25, 0.3) is 0 Å². The van der Waals surface area contributed by atoms with Gasteiger partial charge in [0.1, 0.15) is 11.9 Å². The third-order valence-electron chi connectivity index (χ3n) is 3.69. The monoisotopic (exact) mass is 386 g/mol. The predicted molar refractivity (Wildman–Crippen MR) is 91.9 cm³/mol. The van der Waals surface area contributed by atoms with Crippen LogP contribution in [0, 0.1) is 22.9 Å². The second kappa shape index (κ2) is 7.07. The van der Waals surface area contributed by atoms with Crippen molar-refractivity contribution >= 4 is 21.6 Å². The number of hydrogen-bond donors (Lipinski definition) is 1. The fraction of sp³-hybridized carbons (Fsp3) is 0.250. The third-order valence-corrected chi connectivity index (χ3v) is 5.49. The molecule has 0 spiro atoms. The van der Waals surface area contributed by atoms with Crippen LogP contribution in [0.1, 0.15) is 24.1 Å². The number of benzene rings is 2. The van der Waals surface area contributed by atoms with E-state index in [-0.39, 0.29) is 10.5 Å². The van der Waals surface area contributed by atoms with Gasteiger partial charge >= 0.3 is 5.00 Å². The minimum atomic E-state index is -4.08. The van der Waals surface area contributed by atoms with E-state index in [1.54, 1.807) is 19.1 Å². The minimum Gasteiger partial charge on any atom is -0.263 e. The van der Waals surface area contributed by atoms with Crippen LogP contribution in [0.2, 0.25) is 0 Å². The summed E-state index contributed by atoms with van der Waals surface area (Å²) in [5.41, 5.74) is 1.03. The van der Waals surface area contributed by atoms with E-state index >= 15 is 0 Å². The van der Waals surface area contributed by atoms with Gasteiger partial charge in [-0.1, -0.05) is 29.8 Å². The van der Waals surface area contributed by atoms with Crippen molar-refractivity contribution in [3.8, 4) is 0 Å². The summed E-state index contributed by atoms with van der Waals surface area (Å²) in [5.74, 6) is -0.554. The van der Waals surface area contributed by atoms with Crippen LogP contribution in [-0.4, -0.2) is 18.3 Å². The highest BCUT2D eigenvalue weighted by molar-refractivity contribution is 7.89. The Morgan fingerprint density at radius 3 is 2.16 bits per heavy atom. The first-order valence-electron chi connectivity index (χ1n) is 7.22. The molecule has 2 aromatic carbocycles. The molecule has 2 atom stereocenters. The number of hydrogen-bond acceptors (Lipinski definition) is 4. The van der Waals surface area contributed by atoms with Crippen LogP contribution in [0.3, 0.4) is 0 Å². The van der Waals surface area contributed by atoms with Gasteiger partial charge in [0.15, 0.2) is 0 Å². The van der Waals surface area contributed by atoms with E-state index in [0.717, 1.165) is 24.6 Å². The number of alkyl halides is 1. The molecule has 2 rings (SSSR count). The fourth-order valence-corrected chi connectivity index (χ4v) is 3.73. The van der Waals surface area contributed by atoms with Crippen molar-refractivity contribution in [1.29, 1.82) is 0 Å². The highest BCUT2D eigenvalue weighted by atomic mass is 35.5. The number of nitrogens with one attached hydrogen (secondary N) is 1. The van der Waals surface area contributed by atoms with E-state index in [0.29, 0.717) is 0 Å². The van der Waals surface area contributed by atoms with Gasteiger partial charge < -0.3 is 0 Å². The van der Waals surface area contributed by atoms with Crippen molar-refractivity contribution in [3.63, 3.8) is 0 Å². The molecule has 0 heterocycles. The Balaban J connectivity index is 2.47. The highest BCUT2D eigenvalue weighted by Gasteiger charge is 2.47. The van der Waals surface area contributed by atoms with Crippen LogP contribution in [0.4, 0.5) is 4.39 Å². The van der Waals surface area contributed by atoms with Crippen molar-refractivity contribution in [3.05, 3.63) is 75.6 Å². The summed E-state index contributed by atoms with van der Waals surface area (Å²) in [6.07, 6.45) is 0. The zero-order valence-corrected chi connectivity index (χ0v) is 15.0. The maximum Gasteiger partial charge on any atom is 0.312 e. The maximum absolute atomic E-state index is 13.1. The van der Waals surface area contributed by atoms with E-state index in [1.165, 1.54) is 24.3 Å². The van der Waals surface area contributed by atoms with Crippen molar-refractivity contribution in [2.45, 2.75) is 29.8 Å². The smallest absolute Gasteiger partial charge is 0.263 e. The Morgan fingerprint density at radius 2 is 1.68 bits per heavy atom. The van der Waals surface area contributed by atoms with Gasteiger partial charge in [-0.25, -0.2) is 12.8 Å². The average molecular weight is 387 g/mol. The highest BCUT2D eigenvalue weighted by Crippen LogP contribution is 2.34. The molecule has 0 aliphatic carbocycles. The Labute approximate surface area is 149 Å². The van der Waals surface area contributed by atoms with Gasteiger partial charge in [-0.05, 0) is 48.4 Å². The quantitative estimate of drug-likeness (QED) is 0.356. The molecule has 9 heteroatoms. The molecule has 0 fully saturated rings. The Morgan fingerprint density at radius 1 is 1.16 bits per heavy atom. The lowest BCUT2D eigenvalue weighted by molar-refractivity contribution is -0.542. The second-order valence-electron chi connectivity index (χ2n) is 5.70. The van der Waals surface area contributed by atoms with Crippen LogP contribution < -0.4 is 4.72 Å². The van der Waals surface area contributed by atoms with Gasteiger partial charge in [0.2, 0.25) is 10.0 Å². The van der Waals surface area contributed by atoms with Gasteiger partial charge in [0.25, 0.3) is 0 Å². The van der Waals surface area contributed by atoms with Gasteiger partial charge in [-0.3, -0.25) is 10.1 Å². The molecule has 0 amide bonds. The standard InChI is InChI=1S/C16H16ClFN2O4S/c1-11-3-9-14(10-4-11)25(23,24)19-15(16(2,17)20(21)22)12-5-7-13(18)8-6-12/h3-10,15,19H,1-2H3/t15-,16+/m1/s1. The van der Waals surface area contributed by atoms with E-state index < -0.39 is 31.8 Å². The molecule has 25 heavy (non-hydrogen) atoms. The van der Waals surface area contributed by atoms with Crippen LogP contribution >= 0.6 is 11.6 Å². The SMILES string of the molecule is Cc1ccc(S(=O)(=O)N[C@H](c2ccc(F)cc2)[C@@](C)(Cl)[N+](=O)[O-])cc1. The number of nitrogens with zero attached hydrogens (tertiary/aromatic N) is 1. The lowest BCUT2D eigenvalue weighted by atomic mass is 10.0. The second-order valence-corrected chi connectivity index (χ2v) is 8.18. The number of sulfonamides is 1. The molecule has 0 radical (unpaired) electrons. The molecule has 2 aromatic rings. The third kappa shape index (κ3) is 4.33. The van der Waals surface area contributed by atoms with E-state index in [1.807, 2.05) is 0 Å². The average Bonchev–Trinajstić information content (AvgIpc) is 2.54. The Bertz CT molecular complexity index is 868. The molecule has 0 saturated carbocycles. The number of halogens is 2. The van der Waals surface area contributed by atoms with Gasteiger partial charge in [-0.15, -0.1) is 0 Å². The fourth-order valence-electron chi connectivity index (χ4n) is 2.18. The lowest BCUT2D eigenvalue weighted by Gasteiger charge is -2.26. The molecule has 0 bridgehead atoms. The summed E-state index contributed by atoms with van der Waals surface area (Å²) in [5, 5.41) is 11.3. The zero-order valence-electron chi connectivity index (χ0n) is 13.4. The molecule has 0 aliphatic heterocycles. The molecule has 0 unspecified atom stereocenters. The van der Waals surface area contributed by atoms with E-state index in [2.05, 4.69) is 4.72 Å². The zero-order chi connectivity index (χ0) is 18.8. The summed E-state index contributed by atoms with van der Waals surface area (Å²) >= 11 is 6.01. The van der Waals surface area contributed by atoms with Crippen LogP contribution in [0.15, 0.2) is 53.4 Å². The maximum atomic E-state index is 13.1. The van der Waals surface area contributed by atoms with E-state index in [4.69, 9.17) is 11.6 Å². The van der Waals surface area contributed by atoms with Gasteiger partial charge in [-0.2, -0.15) is 4.72 Å². The first kappa shape index (κ1) is 19.3. The Kier molecular flexibility index (Phi) is 5.46. The number of rotatable bonds is 6. The summed E-state index contributed by atoms with van der Waals surface area (Å²) in [4.78, 5) is 8.32. The normalized spacial score (nSPS) is 15.4. The summed E-state index contributed by atoms with van der Waals surface area (Å²) < 4.78 is 40.6. The summed E-state index contributed by atoms with van der Waals surface area (Å²) in [6, 6.07) is 9.24. The van der Waals surface area contributed by atoms with Crippen molar-refractivity contribution in [2.24, 2.45) is 0 Å². The van der Waals surface area contributed by atoms with Crippen molar-refractivity contribution in [1.82, 2.24) is 4.72 Å². The van der Waals surface area contributed by atoms with Crippen LogP contribution in [-0.2, 0) is 10.0 Å². The van der Waals surface area contributed by atoms with Crippen molar-refractivity contribution < 1.29 is 17.7 Å². The summed E-state index contributed by atoms with van der Waals surface area (Å²) in [6.45, 7) is 2.88. The molecular formula is C16H16ClFN2O4S. The molecule has 134 valence electrons. The summed E-state index contributed by atoms with van der Waals surface area (Å²) in [7, 11) is -4.08. The topological polar surface area (TPSA) is 89.3 Å². The largest absolute Gasteiger partial charge is 0.312 e. The Hall–Kier alpha value is -2.03. The molecule has 1 N–H and O–H groups in total. The minimum absolute atomic E-state index is 0.0546. The molecule has 6 nitrogen and oxygen atoms in total. The predicted octanol–water partition coefficient (Wildman–Crippen LogP) is 3.39. The van der Waals surface area contributed by atoms with Crippen molar-refractivity contribution in [2.75, 3.05) is 0 Å². The van der Waals surface area contributed by atoms with Gasteiger partial charge in [0, 0.05) is 11.8 Å². The molecular weight excluding hydrogens is 371 g/mol. The first-order valence-corrected chi connectivity index (χ1v) is 9.08. The lowest BCUT2D eigenvalue weighted by Crippen LogP contribution is -2.45. The van der Waals surface area contributed by atoms with Gasteiger partial charge in [0.05, 0.1) is 4.90 Å². The molecule has 0 saturated heterocycles. The number of aryl methyl sites for hydroxylation is 1.